The van der Waals surface area contributed by atoms with Crippen molar-refractivity contribution in [3.63, 3.8) is 0 Å². The van der Waals surface area contributed by atoms with Crippen LogP contribution in [0.25, 0.3) is 11.6 Å². The van der Waals surface area contributed by atoms with Gasteiger partial charge in [-0.2, -0.15) is 5.26 Å². The van der Waals surface area contributed by atoms with Gasteiger partial charge in [-0.15, -0.1) is 0 Å². The molecule has 0 aromatic heterocycles. The lowest BCUT2D eigenvalue weighted by Crippen LogP contribution is -1.96. The van der Waals surface area contributed by atoms with E-state index in [4.69, 9.17) is 39.5 Å². The molecule has 0 saturated heterocycles. The van der Waals surface area contributed by atoms with Crippen molar-refractivity contribution in [1.29, 1.82) is 5.26 Å². The number of nitriles is 1. The van der Waals surface area contributed by atoms with Crippen LogP contribution < -0.4 is 4.74 Å². The van der Waals surface area contributed by atoms with Gasteiger partial charge in [-0.25, -0.2) is 0 Å². The number of benzene rings is 3. The average molecular weight is 494 g/mol. The van der Waals surface area contributed by atoms with E-state index in [-0.39, 0.29) is 0 Å². The van der Waals surface area contributed by atoms with Gasteiger partial charge in [-0.1, -0.05) is 59.1 Å². The van der Waals surface area contributed by atoms with Crippen LogP contribution in [0.3, 0.4) is 0 Å². The summed E-state index contributed by atoms with van der Waals surface area (Å²) < 4.78 is 6.65. The van der Waals surface area contributed by atoms with Gasteiger partial charge < -0.3 is 4.74 Å². The molecule has 0 unspecified atom stereocenters. The van der Waals surface area contributed by atoms with E-state index in [1.165, 1.54) is 0 Å². The smallest absolute Gasteiger partial charge is 0.134 e. The van der Waals surface area contributed by atoms with Crippen LogP contribution in [-0.4, -0.2) is 0 Å². The van der Waals surface area contributed by atoms with Gasteiger partial charge in [0.25, 0.3) is 0 Å². The molecular formula is C22H13BrCl3NO. The first-order chi connectivity index (χ1) is 13.5. The molecule has 0 saturated carbocycles. The predicted octanol–water partition coefficient (Wildman–Crippen LogP) is 8.05. The van der Waals surface area contributed by atoms with Crippen LogP contribution in [0, 0.1) is 11.3 Å². The van der Waals surface area contributed by atoms with Crippen molar-refractivity contribution < 1.29 is 4.74 Å². The number of nitrogens with zero attached hydrogens (tertiary/aromatic N) is 1. The third-order valence-corrected chi connectivity index (χ3v) is 5.54. The summed E-state index contributed by atoms with van der Waals surface area (Å²) in [5, 5.41) is 11.1. The van der Waals surface area contributed by atoms with Crippen molar-refractivity contribution in [3.05, 3.63) is 96.9 Å². The van der Waals surface area contributed by atoms with Crippen molar-refractivity contribution in [2.75, 3.05) is 0 Å². The summed E-state index contributed by atoms with van der Waals surface area (Å²) in [5.74, 6) is 0.708. The molecule has 0 radical (unpaired) electrons. The highest BCUT2D eigenvalue weighted by Crippen LogP contribution is 2.30. The van der Waals surface area contributed by atoms with Crippen LogP contribution in [0.4, 0.5) is 0 Å². The molecule has 3 aromatic rings. The summed E-state index contributed by atoms with van der Waals surface area (Å²) in [6.45, 7) is 0.428. The first-order valence-electron chi connectivity index (χ1n) is 8.20. The van der Waals surface area contributed by atoms with Crippen LogP contribution in [0.15, 0.2) is 65.1 Å². The molecule has 2 nitrogen and oxygen atoms in total. The highest BCUT2D eigenvalue weighted by atomic mass is 79.9. The second kappa shape index (κ2) is 9.49. The maximum absolute atomic E-state index is 9.51. The Morgan fingerprint density at radius 1 is 0.964 bits per heavy atom. The predicted molar refractivity (Wildman–Crippen MR) is 120 cm³/mol. The minimum absolute atomic E-state index is 0.410. The van der Waals surface area contributed by atoms with Gasteiger partial charge in [0.2, 0.25) is 0 Å². The highest BCUT2D eigenvalue weighted by Gasteiger charge is 2.07. The third-order valence-electron chi connectivity index (χ3n) is 3.93. The molecule has 0 N–H and O–H groups in total. The standard InChI is InChI=1S/C22H13BrCl3NO/c23-19-10-15(9-17(12-27)16-4-7-20(25)21(26)11-16)3-8-22(19)28-13-14-1-5-18(24)6-2-14/h1-11H,13H2/b17-9-. The molecular weight excluding hydrogens is 481 g/mol. The van der Waals surface area contributed by atoms with Crippen molar-refractivity contribution in [1.82, 2.24) is 0 Å². The monoisotopic (exact) mass is 491 g/mol. The van der Waals surface area contributed by atoms with Crippen molar-refractivity contribution >= 4 is 62.4 Å². The fourth-order valence-electron chi connectivity index (χ4n) is 2.48. The van der Waals surface area contributed by atoms with E-state index in [1.54, 1.807) is 24.3 Å². The largest absolute Gasteiger partial charge is 0.488 e. The van der Waals surface area contributed by atoms with Gasteiger partial charge in [-0.05, 0) is 75.1 Å². The quantitative estimate of drug-likeness (QED) is 0.266. The Labute approximate surface area is 187 Å². The highest BCUT2D eigenvalue weighted by molar-refractivity contribution is 9.10. The summed E-state index contributed by atoms with van der Waals surface area (Å²) >= 11 is 21.4. The molecule has 0 aliphatic rings. The van der Waals surface area contributed by atoms with Crippen LogP contribution in [-0.2, 0) is 6.61 Å². The third kappa shape index (κ3) is 5.31. The molecule has 0 aliphatic heterocycles. The average Bonchev–Trinajstić information content (AvgIpc) is 2.69. The summed E-state index contributed by atoms with van der Waals surface area (Å²) in [5.41, 5.74) is 3.07. The molecule has 0 spiro atoms. The Balaban J connectivity index is 1.78. The van der Waals surface area contributed by atoms with Crippen LogP contribution in [0.1, 0.15) is 16.7 Å². The van der Waals surface area contributed by atoms with Gasteiger partial charge >= 0.3 is 0 Å². The zero-order valence-corrected chi connectivity index (χ0v) is 18.3. The maximum atomic E-state index is 9.51. The van der Waals surface area contributed by atoms with Gasteiger partial charge in [0.15, 0.2) is 0 Å². The number of hydrogen-bond donors (Lipinski definition) is 0. The summed E-state index contributed by atoms with van der Waals surface area (Å²) in [6, 6.07) is 20.5. The van der Waals surface area contributed by atoms with E-state index in [2.05, 4.69) is 22.0 Å². The van der Waals surface area contributed by atoms with Crippen molar-refractivity contribution in [2.24, 2.45) is 0 Å². The summed E-state index contributed by atoms with van der Waals surface area (Å²) in [4.78, 5) is 0. The van der Waals surface area contributed by atoms with Crippen LogP contribution in [0.2, 0.25) is 15.1 Å². The topological polar surface area (TPSA) is 33.0 Å². The molecule has 0 fully saturated rings. The molecule has 28 heavy (non-hydrogen) atoms. The number of halogens is 4. The minimum Gasteiger partial charge on any atom is -0.488 e. The molecule has 140 valence electrons. The lowest BCUT2D eigenvalue weighted by atomic mass is 10.0. The second-order valence-corrected chi connectivity index (χ2v) is 8.01. The number of allylic oxidation sites excluding steroid dienone is 1. The fourth-order valence-corrected chi connectivity index (χ4v) is 3.41. The molecule has 0 atom stereocenters. The van der Waals surface area contributed by atoms with Crippen molar-refractivity contribution in [3.8, 4) is 11.8 Å². The van der Waals surface area contributed by atoms with E-state index >= 15 is 0 Å². The van der Waals surface area contributed by atoms with E-state index in [0.717, 1.165) is 15.6 Å². The number of hydrogen-bond acceptors (Lipinski definition) is 2. The Hall–Kier alpha value is -1.96. The zero-order valence-electron chi connectivity index (χ0n) is 14.4. The fraction of sp³-hybridized carbons (Fsp3) is 0.0455. The lowest BCUT2D eigenvalue weighted by molar-refractivity contribution is 0.304. The Morgan fingerprint density at radius 3 is 2.36 bits per heavy atom. The Kier molecular flexibility index (Phi) is 7.04. The van der Waals surface area contributed by atoms with Gasteiger partial charge in [0.1, 0.15) is 12.4 Å². The zero-order chi connectivity index (χ0) is 20.1. The number of rotatable bonds is 5. The summed E-state index contributed by atoms with van der Waals surface area (Å²) in [6.07, 6.45) is 1.79. The van der Waals surface area contributed by atoms with E-state index in [1.807, 2.05) is 42.5 Å². The molecule has 6 heteroatoms. The second-order valence-electron chi connectivity index (χ2n) is 5.90. The van der Waals surface area contributed by atoms with E-state index < -0.39 is 0 Å². The maximum Gasteiger partial charge on any atom is 0.134 e. The van der Waals surface area contributed by atoms with Crippen molar-refractivity contribution in [2.45, 2.75) is 6.61 Å². The molecule has 0 amide bonds. The lowest BCUT2D eigenvalue weighted by Gasteiger charge is -2.09. The van der Waals surface area contributed by atoms with Crippen LogP contribution >= 0.6 is 50.7 Å². The van der Waals surface area contributed by atoms with Crippen LogP contribution in [0.5, 0.6) is 5.75 Å². The van der Waals surface area contributed by atoms with Gasteiger partial charge in [0, 0.05) is 5.02 Å². The Morgan fingerprint density at radius 2 is 1.71 bits per heavy atom. The normalized spacial score (nSPS) is 11.2. The molecule has 0 heterocycles. The number of ether oxygens (including phenoxy) is 1. The molecule has 0 aliphatic carbocycles. The first kappa shape index (κ1) is 20.8. The first-order valence-corrected chi connectivity index (χ1v) is 10.1. The van der Waals surface area contributed by atoms with Gasteiger partial charge in [0.05, 0.1) is 26.2 Å². The van der Waals surface area contributed by atoms with E-state index in [9.17, 15) is 5.26 Å². The molecule has 0 bridgehead atoms. The van der Waals surface area contributed by atoms with E-state index in [0.29, 0.717) is 38.6 Å². The minimum atomic E-state index is 0.410. The SMILES string of the molecule is N#C/C(=C/c1ccc(OCc2ccc(Cl)cc2)c(Br)c1)c1ccc(Cl)c(Cl)c1. The summed E-state index contributed by atoms with van der Waals surface area (Å²) in [7, 11) is 0. The van der Waals surface area contributed by atoms with Gasteiger partial charge in [-0.3, -0.25) is 0 Å². The molecule has 3 aromatic carbocycles. The molecule has 3 rings (SSSR count). The Bertz CT molecular complexity index is 1070.